The van der Waals surface area contributed by atoms with Crippen molar-refractivity contribution in [2.75, 3.05) is 19.7 Å². The van der Waals surface area contributed by atoms with Crippen LogP contribution in [0.2, 0.25) is 0 Å². The molecule has 2 atom stereocenters. The number of carbonyl (C=O) groups is 1. The number of benzene rings is 2. The number of piperazine rings is 1. The lowest BCUT2D eigenvalue weighted by molar-refractivity contribution is -0.384. The van der Waals surface area contributed by atoms with Crippen LogP contribution in [0.15, 0.2) is 48.5 Å². The lowest BCUT2D eigenvalue weighted by atomic mass is 10.1. The number of nitrogens with zero attached hydrogens (tertiary/aromatic N) is 3. The van der Waals surface area contributed by atoms with Crippen LogP contribution in [0.1, 0.15) is 19.4 Å². The normalized spacial score (nSPS) is 19.8. The monoisotopic (exact) mass is 401 g/mol. The number of nitro benzene ring substituents is 1. The van der Waals surface area contributed by atoms with Gasteiger partial charge in [-0.25, -0.2) is 4.39 Å². The first-order chi connectivity index (χ1) is 13.8. The number of halogens is 1. The number of hydrogen-bond donors (Lipinski definition) is 0. The third-order valence-electron chi connectivity index (χ3n) is 5.13. The molecule has 0 radical (unpaired) electrons. The standard InChI is InChI=1S/C21H24FN3O4/c1-15-12-24(16(2)11-23(15)13-17-6-8-18(22)9-7-17)21(26)14-29-20-5-3-4-19(10-20)25(27)28/h3-10,15-16H,11-14H2,1-2H3/t15-,16+/m0/s1. The molecule has 2 aromatic rings. The molecule has 0 bridgehead atoms. The summed E-state index contributed by atoms with van der Waals surface area (Å²) in [4.78, 5) is 27.0. The summed E-state index contributed by atoms with van der Waals surface area (Å²) in [5, 5.41) is 10.8. The number of rotatable bonds is 6. The lowest BCUT2D eigenvalue weighted by Gasteiger charge is -2.44. The summed E-state index contributed by atoms with van der Waals surface area (Å²) in [6.45, 7) is 5.81. The Labute approximate surface area is 168 Å². The highest BCUT2D eigenvalue weighted by molar-refractivity contribution is 5.78. The smallest absolute Gasteiger partial charge is 0.273 e. The van der Waals surface area contributed by atoms with Gasteiger partial charge in [0.05, 0.1) is 11.0 Å². The van der Waals surface area contributed by atoms with Crippen LogP contribution >= 0.6 is 0 Å². The molecule has 0 N–H and O–H groups in total. The first kappa shape index (κ1) is 20.7. The molecule has 2 aromatic carbocycles. The summed E-state index contributed by atoms with van der Waals surface area (Å²) in [7, 11) is 0. The summed E-state index contributed by atoms with van der Waals surface area (Å²) >= 11 is 0. The van der Waals surface area contributed by atoms with Crippen molar-refractivity contribution < 1.29 is 18.8 Å². The maximum Gasteiger partial charge on any atom is 0.273 e. The topological polar surface area (TPSA) is 75.9 Å². The SMILES string of the molecule is C[C@@H]1CN(Cc2ccc(F)cc2)[C@@H](C)CN1C(=O)COc1cccc([N+](=O)[O-])c1. The minimum absolute atomic E-state index is 0.00661. The summed E-state index contributed by atoms with van der Waals surface area (Å²) in [5.74, 6) is -0.116. The van der Waals surface area contributed by atoms with Gasteiger partial charge in [0, 0.05) is 37.8 Å². The lowest BCUT2D eigenvalue weighted by Crippen LogP contribution is -2.58. The van der Waals surface area contributed by atoms with Crippen LogP contribution < -0.4 is 4.74 Å². The second-order valence-electron chi connectivity index (χ2n) is 7.34. The van der Waals surface area contributed by atoms with Crippen molar-refractivity contribution >= 4 is 11.6 Å². The number of hydrogen-bond acceptors (Lipinski definition) is 5. The van der Waals surface area contributed by atoms with Crippen molar-refractivity contribution in [2.24, 2.45) is 0 Å². The van der Waals surface area contributed by atoms with Gasteiger partial charge in [0.2, 0.25) is 0 Å². The number of carbonyl (C=O) groups excluding carboxylic acids is 1. The Morgan fingerprint density at radius 1 is 1.17 bits per heavy atom. The fraction of sp³-hybridized carbons (Fsp3) is 0.381. The minimum Gasteiger partial charge on any atom is -0.484 e. The van der Waals surface area contributed by atoms with Crippen LogP contribution in [-0.2, 0) is 11.3 Å². The van der Waals surface area contributed by atoms with Gasteiger partial charge in [-0.1, -0.05) is 18.2 Å². The van der Waals surface area contributed by atoms with Crippen molar-refractivity contribution in [3.05, 3.63) is 70.0 Å². The molecule has 1 amide bonds. The first-order valence-corrected chi connectivity index (χ1v) is 9.48. The van der Waals surface area contributed by atoms with Crippen LogP contribution in [0.5, 0.6) is 5.75 Å². The summed E-state index contributed by atoms with van der Waals surface area (Å²) in [6, 6.07) is 12.4. The Hall–Kier alpha value is -3.00. The van der Waals surface area contributed by atoms with E-state index < -0.39 is 4.92 Å². The maximum atomic E-state index is 13.1. The van der Waals surface area contributed by atoms with E-state index in [0.29, 0.717) is 25.4 Å². The van der Waals surface area contributed by atoms with E-state index in [1.807, 2.05) is 6.92 Å². The summed E-state index contributed by atoms with van der Waals surface area (Å²) in [5.41, 5.74) is 0.950. The zero-order chi connectivity index (χ0) is 21.0. The predicted octanol–water partition coefficient (Wildman–Crippen LogP) is 3.23. The molecule has 154 valence electrons. The van der Waals surface area contributed by atoms with Gasteiger partial charge in [-0.05, 0) is 37.6 Å². The minimum atomic E-state index is -0.501. The summed E-state index contributed by atoms with van der Waals surface area (Å²) in [6.07, 6.45) is 0. The fourth-order valence-corrected chi connectivity index (χ4v) is 3.51. The highest BCUT2D eigenvalue weighted by Crippen LogP contribution is 2.21. The van der Waals surface area contributed by atoms with Crippen molar-refractivity contribution in [1.29, 1.82) is 0 Å². The number of nitro groups is 1. The molecule has 8 heteroatoms. The van der Waals surface area contributed by atoms with Crippen LogP contribution in [0.4, 0.5) is 10.1 Å². The average Bonchev–Trinajstić information content (AvgIpc) is 2.70. The third-order valence-corrected chi connectivity index (χ3v) is 5.13. The van der Waals surface area contributed by atoms with E-state index in [1.54, 1.807) is 23.1 Å². The molecular weight excluding hydrogens is 377 g/mol. The predicted molar refractivity (Wildman–Crippen MR) is 106 cm³/mol. The molecule has 1 saturated heterocycles. The Morgan fingerprint density at radius 2 is 1.90 bits per heavy atom. The van der Waals surface area contributed by atoms with Gasteiger partial charge >= 0.3 is 0 Å². The van der Waals surface area contributed by atoms with Crippen molar-refractivity contribution in [3.63, 3.8) is 0 Å². The second kappa shape index (κ2) is 9.00. The molecule has 1 aliphatic rings. The number of non-ortho nitro benzene ring substituents is 1. The van der Waals surface area contributed by atoms with E-state index in [4.69, 9.17) is 4.74 Å². The zero-order valence-corrected chi connectivity index (χ0v) is 16.5. The van der Waals surface area contributed by atoms with Crippen molar-refractivity contribution in [2.45, 2.75) is 32.5 Å². The molecule has 0 aliphatic carbocycles. The Balaban J connectivity index is 1.56. The molecule has 0 aromatic heterocycles. The largest absolute Gasteiger partial charge is 0.484 e. The van der Waals surface area contributed by atoms with Crippen LogP contribution in [-0.4, -0.2) is 52.4 Å². The van der Waals surface area contributed by atoms with E-state index in [1.165, 1.54) is 30.3 Å². The van der Waals surface area contributed by atoms with Crippen LogP contribution in [0.25, 0.3) is 0 Å². The molecule has 29 heavy (non-hydrogen) atoms. The van der Waals surface area contributed by atoms with Gasteiger partial charge in [-0.2, -0.15) is 0 Å². The van der Waals surface area contributed by atoms with Crippen LogP contribution in [0.3, 0.4) is 0 Å². The Morgan fingerprint density at radius 3 is 2.59 bits per heavy atom. The fourth-order valence-electron chi connectivity index (χ4n) is 3.51. The molecule has 3 rings (SSSR count). The van der Waals surface area contributed by atoms with Crippen molar-refractivity contribution in [1.82, 2.24) is 9.80 Å². The van der Waals surface area contributed by atoms with Crippen molar-refractivity contribution in [3.8, 4) is 5.75 Å². The Bertz CT molecular complexity index is 874. The maximum absolute atomic E-state index is 13.1. The van der Waals surface area contributed by atoms with E-state index in [0.717, 1.165) is 5.56 Å². The van der Waals surface area contributed by atoms with E-state index in [9.17, 15) is 19.3 Å². The quantitative estimate of drug-likeness (QED) is 0.549. The molecule has 1 fully saturated rings. The zero-order valence-electron chi connectivity index (χ0n) is 16.5. The van der Waals surface area contributed by atoms with Gasteiger partial charge in [0.1, 0.15) is 11.6 Å². The molecule has 0 saturated carbocycles. The average molecular weight is 401 g/mol. The number of ether oxygens (including phenoxy) is 1. The number of amides is 1. The first-order valence-electron chi connectivity index (χ1n) is 9.48. The van der Waals surface area contributed by atoms with Gasteiger partial charge < -0.3 is 9.64 Å². The van der Waals surface area contributed by atoms with Crippen LogP contribution in [0, 0.1) is 15.9 Å². The molecule has 0 unspecified atom stereocenters. The highest BCUT2D eigenvalue weighted by Gasteiger charge is 2.32. The van der Waals surface area contributed by atoms with Gasteiger partial charge in [-0.15, -0.1) is 0 Å². The summed E-state index contributed by atoms with van der Waals surface area (Å²) < 4.78 is 18.6. The van der Waals surface area contributed by atoms with Gasteiger partial charge in [-0.3, -0.25) is 19.8 Å². The second-order valence-corrected chi connectivity index (χ2v) is 7.34. The van der Waals surface area contributed by atoms with Gasteiger partial charge in [0.25, 0.3) is 11.6 Å². The Kier molecular flexibility index (Phi) is 6.43. The highest BCUT2D eigenvalue weighted by atomic mass is 19.1. The van der Waals surface area contributed by atoms with E-state index in [2.05, 4.69) is 11.8 Å². The van der Waals surface area contributed by atoms with Gasteiger partial charge in [0.15, 0.2) is 6.61 Å². The third kappa shape index (κ3) is 5.29. The molecule has 1 aliphatic heterocycles. The van der Waals surface area contributed by atoms with E-state index >= 15 is 0 Å². The molecular formula is C21H24FN3O4. The molecule has 7 nitrogen and oxygen atoms in total. The molecule has 1 heterocycles. The van der Waals surface area contributed by atoms with E-state index in [-0.39, 0.29) is 36.1 Å². The molecule has 0 spiro atoms.